The summed E-state index contributed by atoms with van der Waals surface area (Å²) < 4.78 is 5.47. The second kappa shape index (κ2) is 5.54. The largest absolute Gasteiger partial charge is 0.381 e. The Labute approximate surface area is 120 Å². The number of carbonyl (C=O) groups excluding carboxylic acids is 1. The molecule has 1 amide bonds. The molecule has 2 fully saturated rings. The van der Waals surface area contributed by atoms with Crippen molar-refractivity contribution >= 4 is 5.91 Å². The summed E-state index contributed by atoms with van der Waals surface area (Å²) in [4.78, 5) is 14.3. The fourth-order valence-electron chi connectivity index (χ4n) is 3.26. The minimum atomic E-state index is -0.00185. The molecular weight excluding hydrogens is 252 g/mol. The maximum atomic E-state index is 12.3. The van der Waals surface area contributed by atoms with Gasteiger partial charge < -0.3 is 9.64 Å². The van der Waals surface area contributed by atoms with Crippen molar-refractivity contribution in [1.29, 1.82) is 0 Å². The molecule has 108 valence electrons. The average Bonchev–Trinajstić information content (AvgIpc) is 3.07. The van der Waals surface area contributed by atoms with Gasteiger partial charge in [-0.05, 0) is 25.8 Å². The van der Waals surface area contributed by atoms with Gasteiger partial charge in [0.05, 0.1) is 13.2 Å². The number of aryl methyl sites for hydroxylation is 1. The monoisotopic (exact) mass is 274 g/mol. The molecule has 2 saturated heterocycles. The van der Waals surface area contributed by atoms with E-state index in [9.17, 15) is 4.79 Å². The molecule has 1 aromatic rings. The molecule has 0 aliphatic carbocycles. The Morgan fingerprint density at radius 2 is 2.30 bits per heavy atom. The number of amides is 1. The van der Waals surface area contributed by atoms with Gasteiger partial charge in [0.15, 0.2) is 0 Å². The Bertz CT molecular complexity index is 497. The molecular formula is C16H22N2O2. The number of nitrogens with zero attached hydrogens (tertiary/aromatic N) is 1. The Morgan fingerprint density at radius 1 is 1.45 bits per heavy atom. The zero-order valence-electron chi connectivity index (χ0n) is 12.1. The van der Waals surface area contributed by atoms with E-state index in [2.05, 4.69) is 43.4 Å². The molecule has 0 saturated carbocycles. The highest BCUT2D eigenvalue weighted by molar-refractivity contribution is 5.81. The van der Waals surface area contributed by atoms with E-state index in [0.29, 0.717) is 12.5 Å². The van der Waals surface area contributed by atoms with Gasteiger partial charge in [-0.3, -0.25) is 10.1 Å². The summed E-state index contributed by atoms with van der Waals surface area (Å²) in [5, 5.41) is 3.34. The molecule has 0 aromatic heterocycles. The molecule has 1 aromatic carbocycles. The number of carbonyl (C=O) groups is 1. The fourth-order valence-corrected chi connectivity index (χ4v) is 3.26. The Balaban J connectivity index is 1.84. The lowest BCUT2D eigenvalue weighted by atomic mass is 9.98. The second-order valence-electron chi connectivity index (χ2n) is 5.86. The summed E-state index contributed by atoms with van der Waals surface area (Å²) in [5.41, 5.74) is 2.39. The molecule has 3 unspecified atom stereocenters. The van der Waals surface area contributed by atoms with Crippen molar-refractivity contribution in [2.75, 3.05) is 19.8 Å². The number of hydrogen-bond donors (Lipinski definition) is 1. The third kappa shape index (κ3) is 2.45. The Kier molecular flexibility index (Phi) is 3.76. The van der Waals surface area contributed by atoms with Crippen LogP contribution in [0, 0.1) is 12.8 Å². The zero-order valence-corrected chi connectivity index (χ0v) is 12.1. The Hall–Kier alpha value is -1.39. The molecule has 2 aliphatic heterocycles. The van der Waals surface area contributed by atoms with Crippen molar-refractivity contribution in [1.82, 2.24) is 10.2 Å². The van der Waals surface area contributed by atoms with Crippen LogP contribution in [-0.4, -0.2) is 36.6 Å². The molecule has 4 heteroatoms. The quantitative estimate of drug-likeness (QED) is 0.914. The van der Waals surface area contributed by atoms with Gasteiger partial charge in [-0.1, -0.05) is 29.8 Å². The highest BCUT2D eigenvalue weighted by Crippen LogP contribution is 2.30. The van der Waals surface area contributed by atoms with Crippen molar-refractivity contribution in [3.05, 3.63) is 35.4 Å². The number of nitrogens with one attached hydrogen (secondary N) is 1. The summed E-state index contributed by atoms with van der Waals surface area (Å²) in [6.45, 7) is 6.24. The summed E-state index contributed by atoms with van der Waals surface area (Å²) in [6, 6.07) is 8.59. The van der Waals surface area contributed by atoms with E-state index in [1.54, 1.807) is 0 Å². The van der Waals surface area contributed by atoms with E-state index in [1.165, 1.54) is 11.1 Å². The standard InChI is InChI=1S/C16H22N2O2/c1-11-4-3-5-13(8-11)16-17-9-15(19)18(16)12(2)14-6-7-20-10-14/h3-5,8,12,14,16-17H,6-7,9-10H2,1-2H3. The van der Waals surface area contributed by atoms with E-state index >= 15 is 0 Å². The first-order valence-electron chi connectivity index (χ1n) is 7.35. The van der Waals surface area contributed by atoms with Crippen molar-refractivity contribution in [2.45, 2.75) is 32.5 Å². The number of rotatable bonds is 3. The van der Waals surface area contributed by atoms with Crippen LogP contribution < -0.4 is 5.32 Å². The van der Waals surface area contributed by atoms with E-state index in [-0.39, 0.29) is 18.1 Å². The van der Waals surface area contributed by atoms with Crippen LogP contribution in [0.15, 0.2) is 24.3 Å². The van der Waals surface area contributed by atoms with E-state index in [4.69, 9.17) is 4.74 Å². The van der Waals surface area contributed by atoms with Crippen molar-refractivity contribution in [3.63, 3.8) is 0 Å². The van der Waals surface area contributed by atoms with Gasteiger partial charge in [0.1, 0.15) is 6.17 Å². The van der Waals surface area contributed by atoms with Crippen LogP contribution in [0.25, 0.3) is 0 Å². The van der Waals surface area contributed by atoms with Gasteiger partial charge in [0, 0.05) is 18.6 Å². The number of benzene rings is 1. The highest BCUT2D eigenvalue weighted by Gasteiger charge is 2.38. The Morgan fingerprint density at radius 3 is 3.00 bits per heavy atom. The maximum Gasteiger partial charge on any atom is 0.238 e. The predicted molar refractivity (Wildman–Crippen MR) is 77.2 cm³/mol. The first-order valence-corrected chi connectivity index (χ1v) is 7.35. The van der Waals surface area contributed by atoms with Gasteiger partial charge in [0.2, 0.25) is 5.91 Å². The highest BCUT2D eigenvalue weighted by atomic mass is 16.5. The molecule has 2 heterocycles. The lowest BCUT2D eigenvalue weighted by Crippen LogP contribution is -2.42. The van der Waals surface area contributed by atoms with Gasteiger partial charge >= 0.3 is 0 Å². The fraction of sp³-hybridized carbons (Fsp3) is 0.562. The van der Waals surface area contributed by atoms with Crippen molar-refractivity contribution < 1.29 is 9.53 Å². The van der Waals surface area contributed by atoms with E-state index in [0.717, 1.165) is 19.6 Å². The minimum absolute atomic E-state index is 0.00185. The van der Waals surface area contributed by atoms with Crippen LogP contribution >= 0.6 is 0 Å². The minimum Gasteiger partial charge on any atom is -0.381 e. The topological polar surface area (TPSA) is 41.6 Å². The van der Waals surface area contributed by atoms with Gasteiger partial charge in [-0.2, -0.15) is 0 Å². The van der Waals surface area contributed by atoms with Gasteiger partial charge in [0.25, 0.3) is 0 Å². The zero-order chi connectivity index (χ0) is 14.1. The molecule has 0 bridgehead atoms. The SMILES string of the molecule is Cc1cccc(C2NCC(=O)N2C(C)C2CCOC2)c1. The summed E-state index contributed by atoms with van der Waals surface area (Å²) >= 11 is 0. The number of hydrogen-bond acceptors (Lipinski definition) is 3. The van der Waals surface area contributed by atoms with Crippen LogP contribution in [0.2, 0.25) is 0 Å². The number of ether oxygens (including phenoxy) is 1. The molecule has 0 spiro atoms. The van der Waals surface area contributed by atoms with Crippen LogP contribution in [-0.2, 0) is 9.53 Å². The molecule has 20 heavy (non-hydrogen) atoms. The van der Waals surface area contributed by atoms with Crippen LogP contribution in [0.1, 0.15) is 30.6 Å². The summed E-state index contributed by atoms with van der Waals surface area (Å²) in [5.74, 6) is 0.641. The molecule has 4 nitrogen and oxygen atoms in total. The summed E-state index contributed by atoms with van der Waals surface area (Å²) in [6.07, 6.45) is 1.05. The smallest absolute Gasteiger partial charge is 0.238 e. The average molecular weight is 274 g/mol. The lowest BCUT2D eigenvalue weighted by molar-refractivity contribution is -0.131. The molecule has 1 N–H and O–H groups in total. The van der Waals surface area contributed by atoms with E-state index < -0.39 is 0 Å². The van der Waals surface area contributed by atoms with Gasteiger partial charge in [-0.25, -0.2) is 0 Å². The lowest BCUT2D eigenvalue weighted by Gasteiger charge is -2.34. The third-order valence-electron chi connectivity index (χ3n) is 4.46. The van der Waals surface area contributed by atoms with Crippen LogP contribution in [0.5, 0.6) is 0 Å². The predicted octanol–water partition coefficient (Wildman–Crippen LogP) is 1.85. The normalized spacial score (nSPS) is 28.1. The molecule has 2 aliphatic rings. The second-order valence-corrected chi connectivity index (χ2v) is 5.86. The van der Waals surface area contributed by atoms with Crippen molar-refractivity contribution in [2.24, 2.45) is 5.92 Å². The summed E-state index contributed by atoms with van der Waals surface area (Å²) in [7, 11) is 0. The van der Waals surface area contributed by atoms with Gasteiger partial charge in [-0.15, -0.1) is 0 Å². The molecule has 3 rings (SSSR count). The first-order chi connectivity index (χ1) is 9.66. The van der Waals surface area contributed by atoms with Crippen molar-refractivity contribution in [3.8, 4) is 0 Å². The van der Waals surface area contributed by atoms with Crippen LogP contribution in [0.3, 0.4) is 0 Å². The van der Waals surface area contributed by atoms with E-state index in [1.807, 2.05) is 4.90 Å². The molecule has 0 radical (unpaired) electrons. The van der Waals surface area contributed by atoms with Crippen LogP contribution in [0.4, 0.5) is 0 Å². The third-order valence-corrected chi connectivity index (χ3v) is 4.46. The maximum absolute atomic E-state index is 12.3. The first kappa shape index (κ1) is 13.6. The molecule has 3 atom stereocenters.